The Hall–Kier alpha value is -0.430. The maximum Gasteiger partial charge on any atom is 0.142 e. The molecule has 5 heteroatoms. The Kier molecular flexibility index (Phi) is 4.23. The number of halogens is 1. The van der Waals surface area contributed by atoms with Crippen LogP contribution in [0.15, 0.2) is 12.5 Å². The molecule has 1 rings (SSSR count). The predicted octanol–water partition coefficient (Wildman–Crippen LogP) is 0.712. The molecular formula is C7H11IN4. The minimum Gasteiger partial charge on any atom is -0.368 e. The average Bonchev–Trinajstić information content (AvgIpc) is 2.09. The fourth-order valence-corrected chi connectivity index (χ4v) is 1.24. The molecule has 0 saturated heterocycles. The van der Waals surface area contributed by atoms with Crippen LogP contribution in [0.1, 0.15) is 0 Å². The summed E-state index contributed by atoms with van der Waals surface area (Å²) in [5.74, 6) is 0.904. The number of aromatic nitrogens is 2. The van der Waals surface area contributed by atoms with Gasteiger partial charge < -0.3 is 10.6 Å². The van der Waals surface area contributed by atoms with Gasteiger partial charge in [-0.25, -0.2) is 9.97 Å². The largest absolute Gasteiger partial charge is 0.368 e. The molecule has 0 atom stereocenters. The molecular weight excluding hydrogens is 267 g/mol. The highest BCUT2D eigenvalue weighted by molar-refractivity contribution is 14.1. The summed E-state index contributed by atoms with van der Waals surface area (Å²) in [7, 11) is 1.92. The van der Waals surface area contributed by atoms with E-state index in [2.05, 4.69) is 43.2 Å². The topological polar surface area (TPSA) is 49.8 Å². The van der Waals surface area contributed by atoms with E-state index in [0.717, 1.165) is 22.5 Å². The first-order valence-corrected chi connectivity index (χ1v) is 4.76. The van der Waals surface area contributed by atoms with Gasteiger partial charge in [-0.1, -0.05) is 0 Å². The average molecular weight is 278 g/mol. The summed E-state index contributed by atoms with van der Waals surface area (Å²) in [6.07, 6.45) is 3.33. The standard InChI is InChI=1S/C7H11IN4/c1-9-2-3-11-7-6(8)4-10-5-12-7/h4-5,9H,2-3H2,1H3,(H,10,11,12). The molecule has 0 amide bonds. The zero-order valence-corrected chi connectivity index (χ0v) is 9.00. The fraction of sp³-hybridized carbons (Fsp3) is 0.429. The summed E-state index contributed by atoms with van der Waals surface area (Å²) in [6.45, 7) is 1.81. The van der Waals surface area contributed by atoms with Crippen LogP contribution in [0.5, 0.6) is 0 Å². The molecule has 0 aliphatic carbocycles. The quantitative estimate of drug-likeness (QED) is 0.629. The first kappa shape index (κ1) is 9.66. The van der Waals surface area contributed by atoms with Gasteiger partial charge in [0.15, 0.2) is 0 Å². The number of rotatable bonds is 4. The molecule has 0 bridgehead atoms. The van der Waals surface area contributed by atoms with Crippen LogP contribution in [-0.2, 0) is 0 Å². The number of nitrogens with one attached hydrogen (secondary N) is 2. The van der Waals surface area contributed by atoms with Gasteiger partial charge >= 0.3 is 0 Å². The van der Waals surface area contributed by atoms with E-state index in [1.54, 1.807) is 12.5 Å². The van der Waals surface area contributed by atoms with Gasteiger partial charge in [0, 0.05) is 19.3 Å². The van der Waals surface area contributed by atoms with Crippen molar-refractivity contribution in [3.05, 3.63) is 16.1 Å². The second-order valence-corrected chi connectivity index (χ2v) is 3.41. The van der Waals surface area contributed by atoms with Crippen LogP contribution in [0, 0.1) is 3.57 Å². The summed E-state index contributed by atoms with van der Waals surface area (Å²) in [5.41, 5.74) is 0. The lowest BCUT2D eigenvalue weighted by molar-refractivity contribution is 0.820. The Morgan fingerprint density at radius 3 is 3.00 bits per heavy atom. The van der Waals surface area contributed by atoms with Gasteiger partial charge in [-0.05, 0) is 29.6 Å². The third-order valence-corrected chi connectivity index (χ3v) is 2.12. The van der Waals surface area contributed by atoms with Gasteiger partial charge in [-0.15, -0.1) is 0 Å². The third kappa shape index (κ3) is 2.90. The van der Waals surface area contributed by atoms with E-state index in [0.29, 0.717) is 0 Å². The first-order chi connectivity index (χ1) is 5.84. The normalized spacial score (nSPS) is 9.83. The molecule has 1 heterocycles. The monoisotopic (exact) mass is 278 g/mol. The molecule has 0 spiro atoms. The van der Waals surface area contributed by atoms with Crippen LogP contribution in [0.2, 0.25) is 0 Å². The number of anilines is 1. The van der Waals surface area contributed by atoms with Crippen molar-refractivity contribution in [3.63, 3.8) is 0 Å². The lowest BCUT2D eigenvalue weighted by Crippen LogP contribution is -2.18. The van der Waals surface area contributed by atoms with Crippen LogP contribution in [-0.4, -0.2) is 30.1 Å². The predicted molar refractivity (Wildman–Crippen MR) is 57.2 cm³/mol. The minimum atomic E-state index is 0.878. The second kappa shape index (κ2) is 5.26. The Morgan fingerprint density at radius 2 is 2.33 bits per heavy atom. The van der Waals surface area contributed by atoms with E-state index in [4.69, 9.17) is 0 Å². The van der Waals surface area contributed by atoms with Gasteiger partial charge in [0.2, 0.25) is 0 Å². The van der Waals surface area contributed by atoms with E-state index in [1.165, 1.54) is 0 Å². The number of hydrogen-bond acceptors (Lipinski definition) is 4. The van der Waals surface area contributed by atoms with E-state index >= 15 is 0 Å². The van der Waals surface area contributed by atoms with Crippen molar-refractivity contribution in [1.82, 2.24) is 15.3 Å². The maximum absolute atomic E-state index is 4.09. The van der Waals surface area contributed by atoms with Crippen LogP contribution in [0.25, 0.3) is 0 Å². The van der Waals surface area contributed by atoms with Crippen molar-refractivity contribution in [2.45, 2.75) is 0 Å². The lowest BCUT2D eigenvalue weighted by Gasteiger charge is -2.05. The number of nitrogens with zero attached hydrogens (tertiary/aromatic N) is 2. The van der Waals surface area contributed by atoms with Gasteiger partial charge in [-0.2, -0.15) is 0 Å². The van der Waals surface area contributed by atoms with Crippen LogP contribution in [0.4, 0.5) is 5.82 Å². The molecule has 0 radical (unpaired) electrons. The van der Waals surface area contributed by atoms with Crippen molar-refractivity contribution < 1.29 is 0 Å². The van der Waals surface area contributed by atoms with E-state index in [9.17, 15) is 0 Å². The molecule has 12 heavy (non-hydrogen) atoms. The van der Waals surface area contributed by atoms with Gasteiger partial charge in [0.05, 0.1) is 3.57 Å². The highest BCUT2D eigenvalue weighted by Gasteiger charge is 1.97. The zero-order valence-electron chi connectivity index (χ0n) is 6.84. The Labute approximate surface area is 85.3 Å². The Balaban J connectivity index is 2.46. The molecule has 0 aliphatic rings. The SMILES string of the molecule is CNCCNc1ncncc1I. The first-order valence-electron chi connectivity index (χ1n) is 3.68. The van der Waals surface area contributed by atoms with Gasteiger partial charge in [0.25, 0.3) is 0 Å². The Bertz CT molecular complexity index is 241. The van der Waals surface area contributed by atoms with E-state index in [1.807, 2.05) is 7.05 Å². The minimum absolute atomic E-state index is 0.878. The van der Waals surface area contributed by atoms with Crippen LogP contribution in [0.3, 0.4) is 0 Å². The van der Waals surface area contributed by atoms with Gasteiger partial charge in [-0.3, -0.25) is 0 Å². The summed E-state index contributed by atoms with van der Waals surface area (Å²) >= 11 is 2.20. The van der Waals surface area contributed by atoms with Crippen molar-refractivity contribution in [2.24, 2.45) is 0 Å². The lowest BCUT2D eigenvalue weighted by atomic mass is 10.5. The zero-order chi connectivity index (χ0) is 8.81. The number of hydrogen-bond donors (Lipinski definition) is 2. The smallest absolute Gasteiger partial charge is 0.142 e. The van der Waals surface area contributed by atoms with Crippen molar-refractivity contribution in [3.8, 4) is 0 Å². The third-order valence-electron chi connectivity index (χ3n) is 1.34. The molecule has 1 aromatic rings. The highest BCUT2D eigenvalue weighted by Crippen LogP contribution is 2.11. The maximum atomic E-state index is 4.09. The summed E-state index contributed by atoms with van der Waals surface area (Å²) in [5, 5.41) is 6.24. The fourth-order valence-electron chi connectivity index (χ4n) is 0.749. The van der Waals surface area contributed by atoms with Crippen molar-refractivity contribution in [1.29, 1.82) is 0 Å². The molecule has 0 aromatic carbocycles. The molecule has 0 aliphatic heterocycles. The van der Waals surface area contributed by atoms with Crippen molar-refractivity contribution in [2.75, 3.05) is 25.5 Å². The molecule has 0 fully saturated rings. The molecule has 2 N–H and O–H groups in total. The summed E-state index contributed by atoms with van der Waals surface area (Å²) in [6, 6.07) is 0. The van der Waals surface area contributed by atoms with E-state index < -0.39 is 0 Å². The molecule has 0 unspecified atom stereocenters. The molecule has 66 valence electrons. The molecule has 1 aromatic heterocycles. The Morgan fingerprint density at radius 1 is 1.50 bits per heavy atom. The number of likely N-dealkylation sites (N-methyl/N-ethyl adjacent to an activating group) is 1. The van der Waals surface area contributed by atoms with E-state index in [-0.39, 0.29) is 0 Å². The second-order valence-electron chi connectivity index (χ2n) is 2.25. The highest BCUT2D eigenvalue weighted by atomic mass is 127. The summed E-state index contributed by atoms with van der Waals surface area (Å²) in [4.78, 5) is 7.99. The van der Waals surface area contributed by atoms with Crippen LogP contribution < -0.4 is 10.6 Å². The van der Waals surface area contributed by atoms with Crippen molar-refractivity contribution >= 4 is 28.4 Å². The van der Waals surface area contributed by atoms with Crippen LogP contribution >= 0.6 is 22.6 Å². The molecule has 0 saturated carbocycles. The summed E-state index contributed by atoms with van der Waals surface area (Å²) < 4.78 is 1.05. The van der Waals surface area contributed by atoms with Gasteiger partial charge in [0.1, 0.15) is 12.1 Å². The molecule has 4 nitrogen and oxygen atoms in total.